The van der Waals surface area contributed by atoms with E-state index >= 15 is 0 Å². The summed E-state index contributed by atoms with van der Waals surface area (Å²) in [4.78, 5) is 11.7. The average molecular weight is 407 g/mol. The molecule has 0 unspecified atom stereocenters. The second-order valence-corrected chi connectivity index (χ2v) is 6.40. The first-order chi connectivity index (χ1) is 12.1. The Labute approximate surface area is 157 Å². The fourth-order valence-corrected chi connectivity index (χ4v) is 2.99. The molecule has 0 aliphatic carbocycles. The van der Waals surface area contributed by atoms with E-state index in [0.717, 1.165) is 16.5 Å². The van der Waals surface area contributed by atoms with Gasteiger partial charge in [0.2, 0.25) is 0 Å². The molecule has 2 aromatic carbocycles. The molecule has 5 heteroatoms. The third kappa shape index (κ3) is 6.09. The van der Waals surface area contributed by atoms with Gasteiger partial charge in [-0.2, -0.15) is 0 Å². The minimum absolute atomic E-state index is 0.211. The zero-order valence-electron chi connectivity index (χ0n) is 14.6. The van der Waals surface area contributed by atoms with Crippen LogP contribution in [0.25, 0.3) is 0 Å². The molecule has 134 valence electrons. The number of esters is 1. The van der Waals surface area contributed by atoms with Crippen LogP contribution in [0.2, 0.25) is 0 Å². The van der Waals surface area contributed by atoms with Crippen molar-refractivity contribution < 1.29 is 19.0 Å². The van der Waals surface area contributed by atoms with Crippen molar-refractivity contribution >= 4 is 21.9 Å². The molecule has 0 aromatic heterocycles. The van der Waals surface area contributed by atoms with Crippen molar-refractivity contribution in [2.45, 2.75) is 26.2 Å². The van der Waals surface area contributed by atoms with E-state index in [0.29, 0.717) is 37.6 Å². The predicted molar refractivity (Wildman–Crippen MR) is 101 cm³/mol. The van der Waals surface area contributed by atoms with Gasteiger partial charge >= 0.3 is 5.97 Å². The second kappa shape index (κ2) is 10.1. The Morgan fingerprint density at radius 3 is 2.56 bits per heavy atom. The normalized spacial score (nSPS) is 10.4. The van der Waals surface area contributed by atoms with Crippen LogP contribution in [0.5, 0.6) is 11.5 Å². The van der Waals surface area contributed by atoms with Crippen molar-refractivity contribution in [2.75, 3.05) is 20.3 Å². The van der Waals surface area contributed by atoms with E-state index in [9.17, 15) is 4.79 Å². The quantitative estimate of drug-likeness (QED) is 0.571. The first-order valence-corrected chi connectivity index (χ1v) is 9.12. The summed E-state index contributed by atoms with van der Waals surface area (Å²) in [6.45, 7) is 2.73. The van der Waals surface area contributed by atoms with Gasteiger partial charge in [0.25, 0.3) is 0 Å². The second-order valence-electron chi connectivity index (χ2n) is 5.49. The topological polar surface area (TPSA) is 44.8 Å². The highest BCUT2D eigenvalue weighted by Crippen LogP contribution is 2.35. The maximum atomic E-state index is 11.7. The van der Waals surface area contributed by atoms with Crippen molar-refractivity contribution in [3.63, 3.8) is 0 Å². The molecule has 0 radical (unpaired) electrons. The van der Waals surface area contributed by atoms with E-state index in [4.69, 9.17) is 14.2 Å². The van der Waals surface area contributed by atoms with Crippen LogP contribution in [0.4, 0.5) is 0 Å². The Bertz CT molecular complexity index is 686. The summed E-state index contributed by atoms with van der Waals surface area (Å²) in [5.41, 5.74) is 2.14. The maximum Gasteiger partial charge on any atom is 0.306 e. The number of aryl methyl sites for hydroxylation is 1. The molecular weight excluding hydrogens is 384 g/mol. The van der Waals surface area contributed by atoms with Gasteiger partial charge in [0.05, 0.1) is 20.3 Å². The Morgan fingerprint density at radius 1 is 1.12 bits per heavy atom. The van der Waals surface area contributed by atoms with Gasteiger partial charge in [0.15, 0.2) is 11.5 Å². The molecule has 2 aromatic rings. The van der Waals surface area contributed by atoms with Crippen LogP contribution >= 0.6 is 15.9 Å². The largest absolute Gasteiger partial charge is 0.493 e. The predicted octanol–water partition coefficient (Wildman–Crippen LogP) is 4.57. The maximum absolute atomic E-state index is 11.7. The van der Waals surface area contributed by atoms with Gasteiger partial charge in [0, 0.05) is 17.3 Å². The number of hydrogen-bond acceptors (Lipinski definition) is 4. The number of halogens is 1. The minimum Gasteiger partial charge on any atom is -0.493 e. The molecule has 0 aliphatic heterocycles. The number of benzene rings is 2. The van der Waals surface area contributed by atoms with Crippen molar-refractivity contribution in [2.24, 2.45) is 0 Å². The van der Waals surface area contributed by atoms with Crippen molar-refractivity contribution in [3.8, 4) is 11.5 Å². The van der Waals surface area contributed by atoms with Gasteiger partial charge in [-0.25, -0.2) is 0 Å². The Morgan fingerprint density at radius 2 is 1.88 bits per heavy atom. The van der Waals surface area contributed by atoms with Crippen LogP contribution in [0, 0.1) is 0 Å². The van der Waals surface area contributed by atoms with E-state index in [1.54, 1.807) is 14.0 Å². The van der Waals surface area contributed by atoms with Crippen LogP contribution in [0.3, 0.4) is 0 Å². The standard InChI is InChI=1S/C20H23BrO4/c1-3-24-19(22)10-9-16-13-17(21)14-18(23-2)20(16)25-12-11-15-7-5-4-6-8-15/h4-8,13-14H,3,9-12H2,1-2H3. The van der Waals surface area contributed by atoms with Gasteiger partial charge in [-0.3, -0.25) is 4.79 Å². The van der Waals surface area contributed by atoms with E-state index < -0.39 is 0 Å². The molecule has 0 fully saturated rings. The van der Waals surface area contributed by atoms with Crippen molar-refractivity contribution in [1.82, 2.24) is 0 Å². The summed E-state index contributed by atoms with van der Waals surface area (Å²) in [6, 6.07) is 14.0. The molecule has 0 saturated heterocycles. The lowest BCUT2D eigenvalue weighted by atomic mass is 10.1. The van der Waals surface area contributed by atoms with E-state index in [2.05, 4.69) is 28.1 Å². The number of hydrogen-bond donors (Lipinski definition) is 0. The highest BCUT2D eigenvalue weighted by atomic mass is 79.9. The van der Waals surface area contributed by atoms with E-state index in [1.807, 2.05) is 30.3 Å². The highest BCUT2D eigenvalue weighted by molar-refractivity contribution is 9.10. The summed E-state index contributed by atoms with van der Waals surface area (Å²) in [7, 11) is 1.61. The molecule has 0 atom stereocenters. The average Bonchev–Trinajstić information content (AvgIpc) is 2.62. The number of carbonyl (C=O) groups is 1. The van der Waals surface area contributed by atoms with Gasteiger partial charge in [-0.05, 0) is 36.6 Å². The summed E-state index contributed by atoms with van der Waals surface area (Å²) in [5.74, 6) is 1.13. The first-order valence-electron chi connectivity index (χ1n) is 8.32. The van der Waals surface area contributed by atoms with Crippen LogP contribution in [-0.4, -0.2) is 26.3 Å². The van der Waals surface area contributed by atoms with Gasteiger partial charge in [-0.1, -0.05) is 46.3 Å². The Hall–Kier alpha value is -2.01. The molecule has 2 rings (SSSR count). The van der Waals surface area contributed by atoms with Crippen LogP contribution in [-0.2, 0) is 22.4 Å². The molecule has 0 N–H and O–H groups in total. The SMILES string of the molecule is CCOC(=O)CCc1cc(Br)cc(OC)c1OCCc1ccccc1. The number of methoxy groups -OCH3 is 1. The van der Waals surface area contributed by atoms with Gasteiger partial charge in [0.1, 0.15) is 0 Å². The molecule has 0 spiro atoms. The van der Waals surface area contributed by atoms with Gasteiger partial charge < -0.3 is 14.2 Å². The summed E-state index contributed by atoms with van der Waals surface area (Å²) >= 11 is 3.48. The van der Waals surface area contributed by atoms with Crippen LogP contribution in [0.15, 0.2) is 46.9 Å². The monoisotopic (exact) mass is 406 g/mol. The highest BCUT2D eigenvalue weighted by Gasteiger charge is 2.14. The first kappa shape index (κ1) is 19.3. The van der Waals surface area contributed by atoms with Crippen LogP contribution < -0.4 is 9.47 Å². The fraction of sp³-hybridized carbons (Fsp3) is 0.350. The molecule has 0 heterocycles. The van der Waals surface area contributed by atoms with Crippen molar-refractivity contribution in [3.05, 3.63) is 58.1 Å². The Balaban J connectivity index is 2.09. The molecule has 25 heavy (non-hydrogen) atoms. The lowest BCUT2D eigenvalue weighted by Crippen LogP contribution is -2.08. The van der Waals surface area contributed by atoms with Crippen molar-refractivity contribution in [1.29, 1.82) is 0 Å². The number of rotatable bonds is 9. The van der Waals surface area contributed by atoms with Crippen LogP contribution in [0.1, 0.15) is 24.5 Å². The van der Waals surface area contributed by atoms with E-state index in [1.165, 1.54) is 5.56 Å². The third-order valence-corrected chi connectivity index (χ3v) is 4.16. The van der Waals surface area contributed by atoms with Gasteiger partial charge in [-0.15, -0.1) is 0 Å². The number of ether oxygens (including phenoxy) is 3. The lowest BCUT2D eigenvalue weighted by Gasteiger charge is -2.16. The Kier molecular flexibility index (Phi) is 7.79. The smallest absolute Gasteiger partial charge is 0.306 e. The third-order valence-electron chi connectivity index (χ3n) is 3.70. The minimum atomic E-state index is -0.211. The summed E-state index contributed by atoms with van der Waals surface area (Å²) in [5, 5.41) is 0. The molecule has 0 amide bonds. The molecular formula is C20H23BrO4. The molecule has 0 saturated carbocycles. The molecule has 4 nitrogen and oxygen atoms in total. The summed E-state index contributed by atoms with van der Waals surface area (Å²) < 4.78 is 17.4. The molecule has 0 bridgehead atoms. The zero-order valence-corrected chi connectivity index (χ0v) is 16.2. The summed E-state index contributed by atoms with van der Waals surface area (Å²) in [6.07, 6.45) is 1.65. The fourth-order valence-electron chi connectivity index (χ4n) is 2.51. The number of carbonyl (C=O) groups excluding carboxylic acids is 1. The lowest BCUT2D eigenvalue weighted by molar-refractivity contribution is -0.143. The molecule has 0 aliphatic rings. The zero-order chi connectivity index (χ0) is 18.1. The van der Waals surface area contributed by atoms with E-state index in [-0.39, 0.29) is 5.97 Å².